The maximum Gasteiger partial charge on any atom is 0.329 e. The molecule has 0 saturated heterocycles. The number of esters is 1. The average Bonchev–Trinajstić information content (AvgIpc) is 3.21. The number of nitrogens with zero attached hydrogens (tertiary/aromatic N) is 1. The molecule has 8 heteroatoms. The van der Waals surface area contributed by atoms with Gasteiger partial charge in [-0.25, -0.2) is 4.79 Å². The van der Waals surface area contributed by atoms with Crippen LogP contribution in [-0.4, -0.2) is 29.9 Å². The van der Waals surface area contributed by atoms with Crippen molar-refractivity contribution < 1.29 is 23.5 Å². The van der Waals surface area contributed by atoms with E-state index < -0.39 is 29.9 Å². The highest BCUT2D eigenvalue weighted by atomic mass is 16.5. The van der Waals surface area contributed by atoms with Crippen LogP contribution in [0.1, 0.15) is 36.9 Å². The molecule has 2 amide bonds. The van der Waals surface area contributed by atoms with Gasteiger partial charge < -0.3 is 19.8 Å². The van der Waals surface area contributed by atoms with Gasteiger partial charge in [0, 0.05) is 5.69 Å². The Morgan fingerprint density at radius 3 is 2.32 bits per heavy atom. The summed E-state index contributed by atoms with van der Waals surface area (Å²) in [7, 11) is 0. The van der Waals surface area contributed by atoms with Crippen molar-refractivity contribution in [3.8, 4) is 6.07 Å². The van der Waals surface area contributed by atoms with Gasteiger partial charge in [-0.05, 0) is 49.2 Å². The third-order valence-electron chi connectivity index (χ3n) is 3.90. The molecule has 0 aliphatic carbocycles. The number of benzene rings is 1. The van der Waals surface area contributed by atoms with Gasteiger partial charge in [0.2, 0.25) is 0 Å². The standard InChI is InChI=1S/C20H21N3O5/c1-12(2)17(23-19(25)16-5-4-10-27-16)20(26)28-13(3)18(24)22-15-8-6-14(11-21)7-9-15/h4-10,12-13,17H,1-3H3,(H,22,24)(H,23,25)/t13-,17-/m0/s1. The molecule has 0 fully saturated rings. The van der Waals surface area contributed by atoms with Crippen molar-refractivity contribution in [1.29, 1.82) is 5.26 Å². The number of amides is 2. The first-order valence-corrected chi connectivity index (χ1v) is 8.67. The van der Waals surface area contributed by atoms with Gasteiger partial charge in [-0.2, -0.15) is 5.26 Å². The summed E-state index contributed by atoms with van der Waals surface area (Å²) in [5.41, 5.74) is 0.933. The van der Waals surface area contributed by atoms with E-state index in [1.807, 2.05) is 6.07 Å². The maximum atomic E-state index is 12.5. The summed E-state index contributed by atoms with van der Waals surface area (Å²) >= 11 is 0. The van der Waals surface area contributed by atoms with Gasteiger partial charge in [-0.1, -0.05) is 13.8 Å². The van der Waals surface area contributed by atoms with Gasteiger partial charge in [0.25, 0.3) is 11.8 Å². The van der Waals surface area contributed by atoms with Gasteiger partial charge in [0.05, 0.1) is 17.9 Å². The van der Waals surface area contributed by atoms with Gasteiger partial charge in [0.1, 0.15) is 6.04 Å². The lowest BCUT2D eigenvalue weighted by molar-refractivity contribution is -0.156. The van der Waals surface area contributed by atoms with E-state index in [0.717, 1.165) is 0 Å². The molecule has 0 bridgehead atoms. The number of nitrogens with one attached hydrogen (secondary N) is 2. The van der Waals surface area contributed by atoms with Crippen LogP contribution in [0.25, 0.3) is 0 Å². The van der Waals surface area contributed by atoms with Gasteiger partial charge in [0.15, 0.2) is 11.9 Å². The molecule has 1 heterocycles. The maximum absolute atomic E-state index is 12.5. The fourth-order valence-corrected chi connectivity index (χ4v) is 2.29. The summed E-state index contributed by atoms with van der Waals surface area (Å²) < 4.78 is 10.2. The molecule has 0 radical (unpaired) electrons. The zero-order chi connectivity index (χ0) is 20.7. The van der Waals surface area contributed by atoms with E-state index >= 15 is 0 Å². The van der Waals surface area contributed by atoms with Gasteiger partial charge >= 0.3 is 5.97 Å². The summed E-state index contributed by atoms with van der Waals surface area (Å²) in [6, 6.07) is 10.4. The number of hydrogen-bond acceptors (Lipinski definition) is 6. The Kier molecular flexibility index (Phi) is 6.93. The van der Waals surface area contributed by atoms with E-state index in [4.69, 9.17) is 14.4 Å². The Bertz CT molecular complexity index is 866. The molecular formula is C20H21N3O5. The highest BCUT2D eigenvalue weighted by molar-refractivity contribution is 5.97. The molecule has 2 rings (SSSR count). The number of furan rings is 1. The quantitative estimate of drug-likeness (QED) is 0.709. The van der Waals surface area contributed by atoms with Crippen LogP contribution >= 0.6 is 0 Å². The summed E-state index contributed by atoms with van der Waals surface area (Å²) in [5, 5.41) is 13.9. The predicted octanol–water partition coefficient (Wildman–Crippen LogP) is 2.48. The van der Waals surface area contributed by atoms with Crippen molar-refractivity contribution in [3.05, 3.63) is 54.0 Å². The van der Waals surface area contributed by atoms with E-state index in [2.05, 4.69) is 10.6 Å². The Balaban J connectivity index is 1.96. The van der Waals surface area contributed by atoms with E-state index in [-0.39, 0.29) is 11.7 Å². The molecule has 2 atom stereocenters. The Morgan fingerprint density at radius 1 is 1.11 bits per heavy atom. The molecule has 28 heavy (non-hydrogen) atoms. The number of anilines is 1. The number of carbonyl (C=O) groups is 3. The molecule has 8 nitrogen and oxygen atoms in total. The number of ether oxygens (including phenoxy) is 1. The Labute approximate surface area is 162 Å². The van der Waals surface area contributed by atoms with Crippen LogP contribution in [0.15, 0.2) is 47.1 Å². The van der Waals surface area contributed by atoms with Crippen LogP contribution in [0.2, 0.25) is 0 Å². The summed E-state index contributed by atoms with van der Waals surface area (Å²) in [6.07, 6.45) is 0.276. The van der Waals surface area contributed by atoms with Crippen LogP contribution in [0.3, 0.4) is 0 Å². The second kappa shape index (κ2) is 9.37. The van der Waals surface area contributed by atoms with E-state index in [1.54, 1.807) is 44.2 Å². The fourth-order valence-electron chi connectivity index (χ4n) is 2.29. The normalized spacial score (nSPS) is 12.5. The van der Waals surface area contributed by atoms with Gasteiger partial charge in [-0.15, -0.1) is 0 Å². The van der Waals surface area contributed by atoms with Crippen molar-refractivity contribution in [3.63, 3.8) is 0 Å². The summed E-state index contributed by atoms with van der Waals surface area (Å²) in [5.74, 6) is -1.99. The molecule has 0 aliphatic heterocycles. The molecular weight excluding hydrogens is 362 g/mol. The molecule has 0 unspecified atom stereocenters. The summed E-state index contributed by atoms with van der Waals surface area (Å²) in [6.45, 7) is 4.92. The minimum atomic E-state index is -1.08. The highest BCUT2D eigenvalue weighted by Gasteiger charge is 2.29. The van der Waals surface area contributed by atoms with Crippen LogP contribution in [0.4, 0.5) is 5.69 Å². The van der Waals surface area contributed by atoms with E-state index in [9.17, 15) is 14.4 Å². The Morgan fingerprint density at radius 2 is 1.79 bits per heavy atom. The number of hydrogen-bond donors (Lipinski definition) is 2. The number of nitriles is 1. The second-order valence-electron chi connectivity index (χ2n) is 6.43. The topological polar surface area (TPSA) is 121 Å². The van der Waals surface area contributed by atoms with Crippen LogP contribution < -0.4 is 10.6 Å². The van der Waals surface area contributed by atoms with Crippen molar-refractivity contribution >= 4 is 23.5 Å². The first-order chi connectivity index (χ1) is 13.3. The first kappa shape index (κ1) is 20.7. The molecule has 1 aromatic carbocycles. The first-order valence-electron chi connectivity index (χ1n) is 8.67. The smallest absolute Gasteiger partial charge is 0.329 e. The van der Waals surface area contributed by atoms with E-state index in [1.165, 1.54) is 19.3 Å². The zero-order valence-electron chi connectivity index (χ0n) is 15.8. The molecule has 146 valence electrons. The van der Waals surface area contributed by atoms with Gasteiger partial charge in [-0.3, -0.25) is 9.59 Å². The lowest BCUT2D eigenvalue weighted by Crippen LogP contribution is -2.47. The predicted molar refractivity (Wildman–Crippen MR) is 100 cm³/mol. The van der Waals surface area contributed by atoms with Crippen molar-refractivity contribution in [2.75, 3.05) is 5.32 Å². The SMILES string of the molecule is CC(C)[C@H](NC(=O)c1ccco1)C(=O)O[C@@H](C)C(=O)Nc1ccc(C#N)cc1. The molecule has 1 aromatic heterocycles. The minimum absolute atomic E-state index is 0.0741. The lowest BCUT2D eigenvalue weighted by atomic mass is 10.0. The van der Waals surface area contributed by atoms with Crippen molar-refractivity contribution in [1.82, 2.24) is 5.32 Å². The van der Waals surface area contributed by atoms with E-state index in [0.29, 0.717) is 11.3 Å². The second-order valence-corrected chi connectivity index (χ2v) is 6.43. The Hall–Kier alpha value is -3.60. The third kappa shape index (κ3) is 5.45. The average molecular weight is 383 g/mol. The third-order valence-corrected chi connectivity index (χ3v) is 3.90. The van der Waals surface area contributed by atoms with Crippen LogP contribution in [0.5, 0.6) is 0 Å². The summed E-state index contributed by atoms with van der Waals surface area (Å²) in [4.78, 5) is 36.8. The van der Waals surface area contributed by atoms with Crippen molar-refractivity contribution in [2.24, 2.45) is 5.92 Å². The zero-order valence-corrected chi connectivity index (χ0v) is 15.8. The van der Waals surface area contributed by atoms with Crippen LogP contribution in [0, 0.1) is 17.2 Å². The fraction of sp³-hybridized carbons (Fsp3) is 0.300. The monoisotopic (exact) mass is 383 g/mol. The molecule has 0 spiro atoms. The molecule has 0 aliphatic rings. The van der Waals surface area contributed by atoms with Crippen LogP contribution in [-0.2, 0) is 14.3 Å². The molecule has 2 aromatic rings. The number of carbonyl (C=O) groups excluding carboxylic acids is 3. The van der Waals surface area contributed by atoms with Crippen molar-refractivity contribution in [2.45, 2.75) is 32.9 Å². The molecule has 2 N–H and O–H groups in total. The minimum Gasteiger partial charge on any atom is -0.459 e. The highest BCUT2D eigenvalue weighted by Crippen LogP contribution is 2.12. The largest absolute Gasteiger partial charge is 0.459 e. The molecule has 0 saturated carbocycles. The number of rotatable bonds is 7. The lowest BCUT2D eigenvalue weighted by Gasteiger charge is -2.22.